The van der Waals surface area contributed by atoms with E-state index in [4.69, 9.17) is 11.6 Å². The molecular formula is C15H18ClN3O2. The van der Waals surface area contributed by atoms with Crippen LogP contribution in [0.2, 0.25) is 5.02 Å². The maximum Gasteiger partial charge on any atom is 0.269 e. The first-order valence-electron chi connectivity index (χ1n) is 6.76. The minimum atomic E-state index is -0.238. The predicted octanol–water partition coefficient (Wildman–Crippen LogP) is 2.40. The smallest absolute Gasteiger partial charge is 0.269 e. The van der Waals surface area contributed by atoms with Crippen molar-refractivity contribution in [1.29, 1.82) is 0 Å². The van der Waals surface area contributed by atoms with Crippen molar-refractivity contribution in [3.63, 3.8) is 0 Å². The summed E-state index contributed by atoms with van der Waals surface area (Å²) in [4.78, 5) is 24.0. The fourth-order valence-corrected chi connectivity index (χ4v) is 2.40. The molecule has 5 nitrogen and oxygen atoms in total. The third-order valence-electron chi connectivity index (χ3n) is 3.54. The number of aromatic nitrogens is 2. The molecular weight excluding hydrogens is 290 g/mol. The van der Waals surface area contributed by atoms with Crippen LogP contribution in [0, 0.1) is 13.8 Å². The molecule has 6 heteroatoms. The van der Waals surface area contributed by atoms with E-state index in [2.05, 4.69) is 10.4 Å². The summed E-state index contributed by atoms with van der Waals surface area (Å²) in [5, 5.41) is 6.02. The molecule has 0 bridgehead atoms. The van der Waals surface area contributed by atoms with Gasteiger partial charge in [0.25, 0.3) is 11.5 Å². The van der Waals surface area contributed by atoms with Gasteiger partial charge < -0.3 is 5.32 Å². The monoisotopic (exact) mass is 307 g/mol. The SMILES string of the molecule is CCn1[nH]c(=O)c(CNC(=O)c2cc(Cl)ccc2C)c1C. The summed E-state index contributed by atoms with van der Waals surface area (Å²) in [7, 11) is 0. The van der Waals surface area contributed by atoms with E-state index in [1.807, 2.05) is 20.8 Å². The number of hydrogen-bond acceptors (Lipinski definition) is 2. The zero-order valence-electron chi connectivity index (χ0n) is 12.3. The number of rotatable bonds is 4. The van der Waals surface area contributed by atoms with E-state index in [0.717, 1.165) is 11.3 Å². The molecule has 0 radical (unpaired) electrons. The number of H-pyrrole nitrogens is 1. The molecule has 0 saturated carbocycles. The van der Waals surface area contributed by atoms with Crippen LogP contribution < -0.4 is 10.9 Å². The normalized spacial score (nSPS) is 10.7. The lowest BCUT2D eigenvalue weighted by Gasteiger charge is -2.08. The number of aryl methyl sites for hydroxylation is 2. The van der Waals surface area contributed by atoms with Gasteiger partial charge >= 0.3 is 0 Å². The van der Waals surface area contributed by atoms with Crippen molar-refractivity contribution >= 4 is 17.5 Å². The number of nitrogens with one attached hydrogen (secondary N) is 2. The maximum absolute atomic E-state index is 12.2. The van der Waals surface area contributed by atoms with Crippen LogP contribution in [0.5, 0.6) is 0 Å². The number of carbonyl (C=O) groups excluding carboxylic acids is 1. The van der Waals surface area contributed by atoms with Gasteiger partial charge in [-0.1, -0.05) is 17.7 Å². The highest BCUT2D eigenvalue weighted by atomic mass is 35.5. The van der Waals surface area contributed by atoms with E-state index < -0.39 is 0 Å². The average molecular weight is 308 g/mol. The molecule has 1 aromatic carbocycles. The molecule has 2 N–H and O–H groups in total. The van der Waals surface area contributed by atoms with Crippen molar-refractivity contribution in [2.45, 2.75) is 33.9 Å². The van der Waals surface area contributed by atoms with Crippen molar-refractivity contribution in [3.8, 4) is 0 Å². The Morgan fingerprint density at radius 2 is 2.10 bits per heavy atom. The number of aromatic amines is 1. The Morgan fingerprint density at radius 3 is 2.71 bits per heavy atom. The zero-order valence-corrected chi connectivity index (χ0v) is 13.0. The number of benzene rings is 1. The van der Waals surface area contributed by atoms with Gasteiger partial charge in [-0.15, -0.1) is 0 Å². The van der Waals surface area contributed by atoms with Gasteiger partial charge in [-0.2, -0.15) is 0 Å². The molecule has 0 unspecified atom stereocenters. The van der Waals surface area contributed by atoms with Crippen molar-refractivity contribution in [1.82, 2.24) is 15.1 Å². The van der Waals surface area contributed by atoms with Crippen LogP contribution in [0.25, 0.3) is 0 Å². The second-order valence-corrected chi connectivity index (χ2v) is 5.33. The minimum absolute atomic E-state index is 0.169. The van der Waals surface area contributed by atoms with E-state index in [1.54, 1.807) is 22.9 Å². The molecule has 0 atom stereocenters. The molecule has 0 fully saturated rings. The van der Waals surface area contributed by atoms with Gasteiger partial charge in [0, 0.05) is 22.8 Å². The predicted molar refractivity (Wildman–Crippen MR) is 82.8 cm³/mol. The second kappa shape index (κ2) is 6.18. The Labute approximate surface area is 127 Å². The lowest BCUT2D eigenvalue weighted by molar-refractivity contribution is 0.0950. The summed E-state index contributed by atoms with van der Waals surface area (Å²) < 4.78 is 1.76. The lowest BCUT2D eigenvalue weighted by Crippen LogP contribution is -2.26. The highest BCUT2D eigenvalue weighted by Gasteiger charge is 2.13. The Balaban J connectivity index is 2.17. The molecule has 112 valence electrons. The topological polar surface area (TPSA) is 66.9 Å². The third-order valence-corrected chi connectivity index (χ3v) is 3.77. The highest BCUT2D eigenvalue weighted by Crippen LogP contribution is 2.15. The first kappa shape index (κ1) is 15.4. The van der Waals surface area contributed by atoms with Gasteiger partial charge in [-0.25, -0.2) is 0 Å². The fraction of sp³-hybridized carbons (Fsp3) is 0.333. The summed E-state index contributed by atoms with van der Waals surface area (Å²) in [5.74, 6) is -0.238. The summed E-state index contributed by atoms with van der Waals surface area (Å²) in [6.07, 6.45) is 0. The van der Waals surface area contributed by atoms with Crippen LogP contribution in [0.3, 0.4) is 0 Å². The number of hydrogen-bond donors (Lipinski definition) is 2. The van der Waals surface area contributed by atoms with Crippen LogP contribution in [-0.2, 0) is 13.1 Å². The molecule has 2 aromatic rings. The van der Waals surface area contributed by atoms with E-state index >= 15 is 0 Å². The van der Waals surface area contributed by atoms with Crippen molar-refractivity contribution in [2.24, 2.45) is 0 Å². The standard InChI is InChI=1S/C15H18ClN3O2/c1-4-19-10(3)13(15(21)18-19)8-17-14(20)12-7-11(16)6-5-9(12)2/h5-7H,4,8H2,1-3H3,(H,17,20)(H,18,21). The Morgan fingerprint density at radius 1 is 1.38 bits per heavy atom. The molecule has 1 aromatic heterocycles. The average Bonchev–Trinajstić information content (AvgIpc) is 2.73. The minimum Gasteiger partial charge on any atom is -0.348 e. The van der Waals surface area contributed by atoms with Gasteiger partial charge in [0.2, 0.25) is 0 Å². The molecule has 0 saturated heterocycles. The largest absolute Gasteiger partial charge is 0.348 e. The summed E-state index contributed by atoms with van der Waals surface area (Å²) in [6.45, 7) is 6.52. The molecule has 1 amide bonds. The van der Waals surface area contributed by atoms with E-state index in [0.29, 0.717) is 22.7 Å². The lowest BCUT2D eigenvalue weighted by atomic mass is 10.1. The van der Waals surface area contributed by atoms with Gasteiger partial charge in [0.05, 0.1) is 12.1 Å². The van der Waals surface area contributed by atoms with Gasteiger partial charge in [0.15, 0.2) is 0 Å². The number of carbonyl (C=O) groups is 1. The van der Waals surface area contributed by atoms with E-state index in [-0.39, 0.29) is 18.0 Å². The van der Waals surface area contributed by atoms with Crippen LogP contribution in [0.1, 0.15) is 34.1 Å². The molecule has 0 spiro atoms. The molecule has 21 heavy (non-hydrogen) atoms. The molecule has 0 aliphatic carbocycles. The second-order valence-electron chi connectivity index (χ2n) is 4.89. The number of amides is 1. The van der Waals surface area contributed by atoms with Crippen molar-refractivity contribution in [2.75, 3.05) is 0 Å². The van der Waals surface area contributed by atoms with E-state index in [9.17, 15) is 9.59 Å². The molecule has 0 aliphatic rings. The first-order valence-corrected chi connectivity index (χ1v) is 7.14. The van der Waals surface area contributed by atoms with Crippen LogP contribution >= 0.6 is 11.6 Å². The fourth-order valence-electron chi connectivity index (χ4n) is 2.23. The van der Waals surface area contributed by atoms with Gasteiger partial charge in [-0.3, -0.25) is 19.4 Å². The Kier molecular flexibility index (Phi) is 4.53. The van der Waals surface area contributed by atoms with E-state index in [1.165, 1.54) is 0 Å². The van der Waals surface area contributed by atoms with Crippen LogP contribution in [0.15, 0.2) is 23.0 Å². The quantitative estimate of drug-likeness (QED) is 0.911. The van der Waals surface area contributed by atoms with Gasteiger partial charge in [0.1, 0.15) is 0 Å². The number of nitrogens with zero attached hydrogens (tertiary/aromatic N) is 1. The molecule has 2 rings (SSSR count). The van der Waals surface area contributed by atoms with Crippen molar-refractivity contribution < 1.29 is 4.79 Å². The molecule has 0 aliphatic heterocycles. The summed E-state index contributed by atoms with van der Waals surface area (Å²) in [6, 6.07) is 5.16. The van der Waals surface area contributed by atoms with Gasteiger partial charge in [-0.05, 0) is 38.5 Å². The van der Waals surface area contributed by atoms with Crippen LogP contribution in [-0.4, -0.2) is 15.7 Å². The zero-order chi connectivity index (χ0) is 15.6. The Hall–Kier alpha value is -2.01. The Bertz CT molecular complexity index is 731. The number of halogens is 1. The maximum atomic E-state index is 12.2. The van der Waals surface area contributed by atoms with Crippen molar-refractivity contribution in [3.05, 3.63) is 56.0 Å². The summed E-state index contributed by atoms with van der Waals surface area (Å²) >= 11 is 5.91. The molecule has 1 heterocycles. The highest BCUT2D eigenvalue weighted by molar-refractivity contribution is 6.31. The van der Waals surface area contributed by atoms with Crippen LogP contribution in [0.4, 0.5) is 0 Å². The first-order chi connectivity index (χ1) is 9.93. The third kappa shape index (κ3) is 3.19. The summed E-state index contributed by atoms with van der Waals surface area (Å²) in [5.41, 5.74) is 2.60.